The number of aromatic nitrogens is 1. The Morgan fingerprint density at radius 2 is 2.00 bits per heavy atom. The van der Waals surface area contributed by atoms with Gasteiger partial charge in [0.25, 0.3) is 0 Å². The lowest BCUT2D eigenvalue weighted by atomic mass is 9.73. The summed E-state index contributed by atoms with van der Waals surface area (Å²) in [5.41, 5.74) is 3.10. The minimum Gasteiger partial charge on any atom is -0.471 e. The van der Waals surface area contributed by atoms with Crippen LogP contribution in [0.1, 0.15) is 76.1 Å². The lowest BCUT2D eigenvalue weighted by Gasteiger charge is -2.47. The Morgan fingerprint density at radius 1 is 1.20 bits per heavy atom. The van der Waals surface area contributed by atoms with E-state index in [9.17, 15) is 9.90 Å². The number of carbonyl (C=O) groups excluding carboxylic acids is 1. The summed E-state index contributed by atoms with van der Waals surface area (Å²) in [6.07, 6.45) is 6.44. The van der Waals surface area contributed by atoms with Crippen LogP contribution in [-0.2, 0) is 22.4 Å². The molecule has 0 bridgehead atoms. The molecular formula is C31H43N3O6. The Hall–Kier alpha value is -2.88. The summed E-state index contributed by atoms with van der Waals surface area (Å²) in [4.78, 5) is 17.3. The molecule has 1 fully saturated rings. The summed E-state index contributed by atoms with van der Waals surface area (Å²) in [6.45, 7) is 9.40. The van der Waals surface area contributed by atoms with Crippen LogP contribution >= 0.6 is 0 Å². The second kappa shape index (κ2) is 11.9. The monoisotopic (exact) mass is 553 g/mol. The van der Waals surface area contributed by atoms with E-state index in [1.54, 1.807) is 0 Å². The first-order valence-corrected chi connectivity index (χ1v) is 14.5. The zero-order chi connectivity index (χ0) is 28.3. The molecule has 1 spiro atoms. The minimum absolute atomic E-state index is 0.00330. The van der Waals surface area contributed by atoms with Gasteiger partial charge >= 0.3 is 0 Å². The van der Waals surface area contributed by atoms with Gasteiger partial charge in [0, 0.05) is 37.4 Å². The van der Waals surface area contributed by atoms with Crippen LogP contribution < -0.4 is 24.8 Å². The second-order valence-electron chi connectivity index (χ2n) is 12.5. The number of aliphatic hydroxyl groups is 1. The van der Waals surface area contributed by atoms with E-state index in [0.717, 1.165) is 43.2 Å². The number of ether oxygens (including phenoxy) is 4. The topological polar surface area (TPSA) is 111 Å². The van der Waals surface area contributed by atoms with E-state index < -0.39 is 12.1 Å². The molecule has 3 atom stereocenters. The van der Waals surface area contributed by atoms with Crippen molar-refractivity contribution < 1.29 is 28.8 Å². The van der Waals surface area contributed by atoms with Gasteiger partial charge in [0.1, 0.15) is 12.2 Å². The van der Waals surface area contributed by atoms with Gasteiger partial charge in [-0.15, -0.1) is 0 Å². The zero-order valence-corrected chi connectivity index (χ0v) is 24.1. The largest absolute Gasteiger partial charge is 0.471 e. The molecule has 40 heavy (non-hydrogen) atoms. The summed E-state index contributed by atoms with van der Waals surface area (Å²) in [5, 5.41) is 18.0. The van der Waals surface area contributed by atoms with Gasteiger partial charge in [-0.05, 0) is 73.8 Å². The van der Waals surface area contributed by atoms with Crippen molar-refractivity contribution >= 4 is 5.91 Å². The van der Waals surface area contributed by atoms with Crippen LogP contribution in [-0.4, -0.2) is 60.3 Å². The predicted molar refractivity (Wildman–Crippen MR) is 151 cm³/mol. The number of rotatable bonds is 11. The van der Waals surface area contributed by atoms with Crippen LogP contribution in [0.3, 0.4) is 0 Å². The third-order valence-corrected chi connectivity index (χ3v) is 7.91. The van der Waals surface area contributed by atoms with Gasteiger partial charge in [-0.25, -0.2) is 4.98 Å². The van der Waals surface area contributed by atoms with Gasteiger partial charge < -0.3 is 34.7 Å². The van der Waals surface area contributed by atoms with Crippen molar-refractivity contribution in [1.82, 2.24) is 15.6 Å². The molecule has 3 aliphatic rings. The van der Waals surface area contributed by atoms with E-state index in [1.807, 2.05) is 31.3 Å². The molecule has 0 radical (unpaired) electrons. The lowest BCUT2D eigenvalue weighted by Crippen LogP contribution is -2.52. The molecule has 3 N–H and O–H groups in total. The maximum atomic E-state index is 12.6. The van der Waals surface area contributed by atoms with Crippen LogP contribution in [0.5, 0.6) is 17.4 Å². The molecule has 3 heterocycles. The van der Waals surface area contributed by atoms with Gasteiger partial charge in [0.15, 0.2) is 11.5 Å². The number of carbonyl (C=O) groups is 1. The fourth-order valence-electron chi connectivity index (χ4n) is 5.80. The average Bonchev–Trinajstić information content (AvgIpc) is 3.36. The van der Waals surface area contributed by atoms with E-state index in [4.69, 9.17) is 23.9 Å². The van der Waals surface area contributed by atoms with Crippen molar-refractivity contribution in [1.29, 1.82) is 0 Å². The summed E-state index contributed by atoms with van der Waals surface area (Å²) in [5.74, 6) is 1.81. The Labute approximate surface area is 236 Å². The standard InChI is InChI=1S/C31H43N3O6/c1-5-37-18-28(36)34-23(12-20-7-8-26-27(13-20)39-19-38-26)25(35)17-32-24-15-31(9-6-10-31)40-29-22(24)11-21(16-33-29)14-30(2,3)4/h7-8,11,13,16,23-25,32,35H,5-6,9-10,12,14-15,17-19H2,1-4H3,(H,34,36)/t23-,24-,25+/m0/s1. The quantitative estimate of drug-likeness (QED) is 0.385. The van der Waals surface area contributed by atoms with Crippen LogP contribution in [0.4, 0.5) is 0 Å². The second-order valence-corrected chi connectivity index (χ2v) is 12.5. The van der Waals surface area contributed by atoms with E-state index in [2.05, 4.69) is 37.5 Å². The maximum Gasteiger partial charge on any atom is 0.246 e. The molecule has 2 aliphatic heterocycles. The molecule has 2 aromatic rings. The molecule has 1 saturated carbocycles. The number of benzene rings is 1. The molecular weight excluding hydrogens is 510 g/mol. The molecule has 9 nitrogen and oxygen atoms in total. The zero-order valence-electron chi connectivity index (χ0n) is 24.1. The molecule has 0 unspecified atom stereocenters. The molecule has 1 aromatic heterocycles. The van der Waals surface area contributed by atoms with Crippen molar-refractivity contribution in [2.75, 3.05) is 26.6 Å². The lowest BCUT2D eigenvalue weighted by molar-refractivity contribution is -0.127. The van der Waals surface area contributed by atoms with Crippen molar-refractivity contribution in [3.8, 4) is 17.4 Å². The van der Waals surface area contributed by atoms with Crippen molar-refractivity contribution in [2.24, 2.45) is 5.41 Å². The first-order chi connectivity index (χ1) is 19.1. The number of nitrogens with zero attached hydrogens (tertiary/aromatic N) is 1. The van der Waals surface area contributed by atoms with Crippen molar-refractivity contribution in [2.45, 2.75) is 90.0 Å². The van der Waals surface area contributed by atoms with Crippen LogP contribution in [0.25, 0.3) is 0 Å². The number of fused-ring (bicyclic) bond motifs is 2. The highest BCUT2D eigenvalue weighted by Gasteiger charge is 2.46. The third kappa shape index (κ3) is 6.87. The van der Waals surface area contributed by atoms with E-state index >= 15 is 0 Å². The fourth-order valence-corrected chi connectivity index (χ4v) is 5.80. The predicted octanol–water partition coefficient (Wildman–Crippen LogP) is 3.86. The number of pyridine rings is 1. The molecule has 218 valence electrons. The molecule has 5 rings (SSSR count). The molecule has 1 amide bonds. The maximum absolute atomic E-state index is 12.6. The molecule has 0 saturated heterocycles. The van der Waals surface area contributed by atoms with Gasteiger partial charge in [-0.1, -0.05) is 26.8 Å². The van der Waals surface area contributed by atoms with E-state index in [0.29, 0.717) is 37.0 Å². The Balaban J connectivity index is 1.31. The van der Waals surface area contributed by atoms with Crippen LogP contribution in [0.15, 0.2) is 30.5 Å². The van der Waals surface area contributed by atoms with Gasteiger partial charge in [0.05, 0.1) is 12.1 Å². The number of aliphatic hydroxyl groups excluding tert-OH is 1. The van der Waals surface area contributed by atoms with E-state index in [1.165, 1.54) is 5.56 Å². The minimum atomic E-state index is -0.842. The van der Waals surface area contributed by atoms with E-state index in [-0.39, 0.29) is 36.4 Å². The molecule has 9 heteroatoms. The summed E-state index contributed by atoms with van der Waals surface area (Å²) in [6, 6.07) is 7.38. The highest BCUT2D eigenvalue weighted by Crippen LogP contribution is 2.48. The number of amides is 1. The summed E-state index contributed by atoms with van der Waals surface area (Å²) >= 11 is 0. The first-order valence-electron chi connectivity index (χ1n) is 14.5. The smallest absolute Gasteiger partial charge is 0.246 e. The number of hydrogen-bond donors (Lipinski definition) is 3. The Bertz CT molecular complexity index is 1190. The van der Waals surface area contributed by atoms with Gasteiger partial charge in [-0.3, -0.25) is 4.79 Å². The normalized spacial score (nSPS) is 20.3. The van der Waals surface area contributed by atoms with Crippen molar-refractivity contribution in [3.05, 3.63) is 47.2 Å². The SMILES string of the molecule is CCOCC(=O)N[C@@H](Cc1ccc2c(c1)OCO2)[C@H](O)CN[C@H]1CC2(CCC2)Oc2ncc(CC(C)(C)C)cc21. The fraction of sp³-hybridized carbons (Fsp3) is 0.613. The van der Waals surface area contributed by atoms with Crippen molar-refractivity contribution in [3.63, 3.8) is 0 Å². The number of nitrogens with one attached hydrogen (secondary N) is 2. The summed E-state index contributed by atoms with van der Waals surface area (Å²) < 4.78 is 22.7. The Kier molecular flexibility index (Phi) is 8.54. The highest BCUT2D eigenvalue weighted by molar-refractivity contribution is 5.77. The van der Waals surface area contributed by atoms with Gasteiger partial charge in [0.2, 0.25) is 18.6 Å². The molecule has 1 aromatic carbocycles. The van der Waals surface area contributed by atoms with Crippen LogP contribution in [0, 0.1) is 5.41 Å². The Morgan fingerprint density at radius 3 is 2.73 bits per heavy atom. The highest BCUT2D eigenvalue weighted by atomic mass is 16.7. The molecule has 1 aliphatic carbocycles. The third-order valence-electron chi connectivity index (χ3n) is 7.91. The average molecular weight is 554 g/mol. The first kappa shape index (κ1) is 28.6. The summed E-state index contributed by atoms with van der Waals surface area (Å²) in [7, 11) is 0. The van der Waals surface area contributed by atoms with Gasteiger partial charge in [-0.2, -0.15) is 0 Å². The van der Waals surface area contributed by atoms with Crippen LogP contribution in [0.2, 0.25) is 0 Å². The number of hydrogen-bond acceptors (Lipinski definition) is 8.